The number of aromatic nitrogens is 2. The minimum absolute atomic E-state index is 0.0596. The van der Waals surface area contributed by atoms with Gasteiger partial charge in [0.1, 0.15) is 5.82 Å². The zero-order chi connectivity index (χ0) is 10.9. The summed E-state index contributed by atoms with van der Waals surface area (Å²) in [4.78, 5) is 9.04. The molecule has 0 saturated heterocycles. The highest BCUT2D eigenvalue weighted by atomic mass is 14.9. The first-order chi connectivity index (χ1) is 7.13. The third kappa shape index (κ3) is 1.84. The molecule has 0 unspecified atom stereocenters. The maximum atomic E-state index is 4.61. The molecule has 15 heavy (non-hydrogen) atoms. The number of hydrogen-bond acceptors (Lipinski definition) is 2. The topological polar surface area (TPSA) is 25.8 Å². The van der Waals surface area contributed by atoms with Crippen LogP contribution in [0.15, 0.2) is 30.5 Å². The van der Waals surface area contributed by atoms with Crippen molar-refractivity contribution in [3.05, 3.63) is 36.3 Å². The molecule has 0 bridgehead atoms. The molecule has 0 fully saturated rings. The second kappa shape index (κ2) is 3.61. The third-order valence-electron chi connectivity index (χ3n) is 2.98. The molecule has 0 aliphatic heterocycles. The van der Waals surface area contributed by atoms with Crippen LogP contribution < -0.4 is 0 Å². The van der Waals surface area contributed by atoms with Gasteiger partial charge in [-0.25, -0.2) is 9.97 Å². The van der Waals surface area contributed by atoms with E-state index in [-0.39, 0.29) is 5.41 Å². The summed E-state index contributed by atoms with van der Waals surface area (Å²) >= 11 is 0. The van der Waals surface area contributed by atoms with E-state index in [1.165, 1.54) is 0 Å². The van der Waals surface area contributed by atoms with Crippen molar-refractivity contribution in [2.75, 3.05) is 0 Å². The average molecular weight is 200 g/mol. The second-order valence-corrected chi connectivity index (χ2v) is 4.49. The van der Waals surface area contributed by atoms with Crippen molar-refractivity contribution in [3.63, 3.8) is 0 Å². The molecule has 2 heteroatoms. The molecule has 0 amide bonds. The van der Waals surface area contributed by atoms with E-state index >= 15 is 0 Å². The van der Waals surface area contributed by atoms with E-state index in [1.807, 2.05) is 30.5 Å². The molecule has 0 saturated carbocycles. The predicted molar refractivity (Wildman–Crippen MR) is 62.9 cm³/mol. The minimum atomic E-state index is 0.0596. The van der Waals surface area contributed by atoms with Crippen LogP contribution in [0.1, 0.15) is 33.0 Å². The Bertz CT molecular complexity index is 475. The van der Waals surface area contributed by atoms with Crippen LogP contribution in [-0.2, 0) is 5.41 Å². The molecule has 0 aliphatic rings. The molecule has 1 aromatic heterocycles. The molecule has 0 radical (unpaired) electrons. The first kappa shape index (κ1) is 10.1. The molecule has 0 atom stereocenters. The number of benzene rings is 1. The molecule has 0 aliphatic carbocycles. The monoisotopic (exact) mass is 200 g/mol. The molecule has 2 nitrogen and oxygen atoms in total. The maximum absolute atomic E-state index is 4.61. The standard InChI is InChI=1S/C13H16N2/c1-4-13(2,3)12-14-9-10-7-5-6-8-11(10)15-12/h5-9H,4H2,1-3H3. The normalized spacial score (nSPS) is 11.9. The SMILES string of the molecule is CCC(C)(C)c1ncc2ccccc2n1. The summed E-state index contributed by atoms with van der Waals surface area (Å²) in [5, 5.41) is 1.10. The van der Waals surface area contributed by atoms with Gasteiger partial charge in [0.25, 0.3) is 0 Å². The Morgan fingerprint density at radius 1 is 1.20 bits per heavy atom. The number of fused-ring (bicyclic) bond motifs is 1. The van der Waals surface area contributed by atoms with Gasteiger partial charge in [-0.15, -0.1) is 0 Å². The second-order valence-electron chi connectivity index (χ2n) is 4.49. The van der Waals surface area contributed by atoms with Crippen LogP contribution >= 0.6 is 0 Å². The Balaban J connectivity index is 2.56. The molecule has 1 heterocycles. The summed E-state index contributed by atoms with van der Waals surface area (Å²) in [5.74, 6) is 0.934. The van der Waals surface area contributed by atoms with Crippen LogP contribution in [0.2, 0.25) is 0 Å². The van der Waals surface area contributed by atoms with E-state index in [9.17, 15) is 0 Å². The van der Waals surface area contributed by atoms with Crippen molar-refractivity contribution in [1.29, 1.82) is 0 Å². The quantitative estimate of drug-likeness (QED) is 0.743. The largest absolute Gasteiger partial charge is 0.240 e. The van der Waals surface area contributed by atoms with Gasteiger partial charge in [0.15, 0.2) is 0 Å². The van der Waals surface area contributed by atoms with Crippen LogP contribution in [0.25, 0.3) is 10.9 Å². The Labute approximate surface area is 90.4 Å². The molecule has 2 rings (SSSR count). The Morgan fingerprint density at radius 2 is 1.93 bits per heavy atom. The minimum Gasteiger partial charge on any atom is -0.240 e. The summed E-state index contributed by atoms with van der Waals surface area (Å²) in [6.07, 6.45) is 2.96. The third-order valence-corrected chi connectivity index (χ3v) is 2.98. The van der Waals surface area contributed by atoms with Crippen molar-refractivity contribution in [3.8, 4) is 0 Å². The maximum Gasteiger partial charge on any atom is 0.134 e. The van der Waals surface area contributed by atoms with Crippen molar-refractivity contribution < 1.29 is 0 Å². The van der Waals surface area contributed by atoms with Gasteiger partial charge in [0, 0.05) is 17.0 Å². The summed E-state index contributed by atoms with van der Waals surface area (Å²) in [6, 6.07) is 8.10. The smallest absolute Gasteiger partial charge is 0.134 e. The van der Waals surface area contributed by atoms with Crippen LogP contribution in [0.5, 0.6) is 0 Å². The van der Waals surface area contributed by atoms with Crippen molar-refractivity contribution in [1.82, 2.24) is 9.97 Å². The fourth-order valence-electron chi connectivity index (χ4n) is 1.46. The van der Waals surface area contributed by atoms with Crippen molar-refractivity contribution in [2.45, 2.75) is 32.6 Å². The lowest BCUT2D eigenvalue weighted by Crippen LogP contribution is -2.19. The van der Waals surface area contributed by atoms with Crippen LogP contribution in [0.3, 0.4) is 0 Å². The first-order valence-electron chi connectivity index (χ1n) is 5.36. The molecule has 0 N–H and O–H groups in total. The molecule has 2 aromatic rings. The lowest BCUT2D eigenvalue weighted by molar-refractivity contribution is 0.475. The van der Waals surface area contributed by atoms with Gasteiger partial charge >= 0.3 is 0 Å². The lowest BCUT2D eigenvalue weighted by atomic mass is 9.89. The Hall–Kier alpha value is -1.44. The number of hydrogen-bond donors (Lipinski definition) is 0. The summed E-state index contributed by atoms with van der Waals surface area (Å²) in [7, 11) is 0. The van der Waals surface area contributed by atoms with Crippen LogP contribution in [-0.4, -0.2) is 9.97 Å². The Morgan fingerprint density at radius 3 is 2.67 bits per heavy atom. The average Bonchev–Trinajstić information content (AvgIpc) is 2.28. The van der Waals surface area contributed by atoms with E-state index in [0.29, 0.717) is 0 Å². The summed E-state index contributed by atoms with van der Waals surface area (Å²) in [6.45, 7) is 6.52. The fraction of sp³-hybridized carbons (Fsp3) is 0.385. The van der Waals surface area contributed by atoms with Gasteiger partial charge in [-0.05, 0) is 12.5 Å². The van der Waals surface area contributed by atoms with E-state index in [1.54, 1.807) is 0 Å². The summed E-state index contributed by atoms with van der Waals surface area (Å²) in [5.41, 5.74) is 1.09. The molecular weight excluding hydrogens is 184 g/mol. The number of rotatable bonds is 2. The molecular formula is C13H16N2. The highest BCUT2D eigenvalue weighted by Crippen LogP contribution is 2.24. The van der Waals surface area contributed by atoms with Crippen LogP contribution in [0.4, 0.5) is 0 Å². The highest BCUT2D eigenvalue weighted by Gasteiger charge is 2.21. The molecule has 78 valence electrons. The van der Waals surface area contributed by atoms with Gasteiger partial charge in [-0.2, -0.15) is 0 Å². The van der Waals surface area contributed by atoms with Crippen LogP contribution in [0, 0.1) is 0 Å². The fourth-order valence-corrected chi connectivity index (χ4v) is 1.46. The van der Waals surface area contributed by atoms with Gasteiger partial charge in [0.2, 0.25) is 0 Å². The lowest BCUT2D eigenvalue weighted by Gasteiger charge is -2.20. The zero-order valence-corrected chi connectivity index (χ0v) is 9.49. The molecule has 1 aromatic carbocycles. The van der Waals surface area contributed by atoms with Gasteiger partial charge in [-0.3, -0.25) is 0 Å². The zero-order valence-electron chi connectivity index (χ0n) is 9.49. The van der Waals surface area contributed by atoms with E-state index in [0.717, 1.165) is 23.1 Å². The Kier molecular flexibility index (Phi) is 2.43. The summed E-state index contributed by atoms with van der Waals surface area (Å²) < 4.78 is 0. The number of para-hydroxylation sites is 1. The first-order valence-corrected chi connectivity index (χ1v) is 5.36. The van der Waals surface area contributed by atoms with E-state index in [2.05, 4.69) is 30.7 Å². The van der Waals surface area contributed by atoms with Gasteiger partial charge in [0.05, 0.1) is 5.52 Å². The van der Waals surface area contributed by atoms with E-state index < -0.39 is 0 Å². The highest BCUT2D eigenvalue weighted by molar-refractivity contribution is 5.77. The predicted octanol–water partition coefficient (Wildman–Crippen LogP) is 3.32. The van der Waals surface area contributed by atoms with E-state index in [4.69, 9.17) is 0 Å². The number of nitrogens with zero attached hydrogens (tertiary/aromatic N) is 2. The van der Waals surface area contributed by atoms with Crippen molar-refractivity contribution in [2.24, 2.45) is 0 Å². The molecule has 0 spiro atoms. The van der Waals surface area contributed by atoms with Crippen molar-refractivity contribution >= 4 is 10.9 Å². The van der Waals surface area contributed by atoms with Gasteiger partial charge in [-0.1, -0.05) is 39.0 Å². The van der Waals surface area contributed by atoms with Gasteiger partial charge < -0.3 is 0 Å².